The zero-order chi connectivity index (χ0) is 13.2. The first-order valence-electron chi connectivity index (χ1n) is 6.77. The van der Waals surface area contributed by atoms with Crippen LogP contribution in [0.4, 0.5) is 0 Å². The number of aryl methyl sites for hydroxylation is 1. The Balaban J connectivity index is 2.09. The van der Waals surface area contributed by atoms with E-state index >= 15 is 0 Å². The van der Waals surface area contributed by atoms with Gasteiger partial charge in [-0.05, 0) is 23.5 Å². The fraction of sp³-hybridized carbons (Fsp3) is 0.500. The van der Waals surface area contributed by atoms with Gasteiger partial charge in [-0.3, -0.25) is 0 Å². The minimum Gasteiger partial charge on any atom is -0.350 e. The first kappa shape index (κ1) is 13.2. The van der Waals surface area contributed by atoms with Crippen LogP contribution in [-0.4, -0.2) is 11.1 Å². The van der Waals surface area contributed by atoms with E-state index in [1.54, 1.807) is 0 Å². The van der Waals surface area contributed by atoms with Crippen molar-refractivity contribution < 1.29 is 0 Å². The summed E-state index contributed by atoms with van der Waals surface area (Å²) in [6.45, 7) is 8.88. The van der Waals surface area contributed by atoms with Crippen LogP contribution in [-0.2, 0) is 13.6 Å². The summed E-state index contributed by atoms with van der Waals surface area (Å²) in [5.74, 6) is 0. The van der Waals surface area contributed by atoms with Crippen LogP contribution < -0.4 is 5.32 Å². The topological polar surface area (TPSA) is 17.0 Å². The molecule has 0 aliphatic carbocycles. The van der Waals surface area contributed by atoms with Crippen molar-refractivity contribution in [3.63, 3.8) is 0 Å². The third kappa shape index (κ3) is 2.75. The molecular weight excluding hydrogens is 220 g/mol. The number of nitrogens with one attached hydrogen (secondary N) is 1. The molecule has 2 nitrogen and oxygen atoms in total. The Bertz CT molecular complexity index is 523. The standard InChI is InChI=1S/C16H24N2/c1-5-16(2,3)12-17-10-13-11-18(4)15-9-7-6-8-14(13)15/h6-9,11,17H,5,10,12H2,1-4H3. The van der Waals surface area contributed by atoms with Gasteiger partial charge in [0.05, 0.1) is 0 Å². The van der Waals surface area contributed by atoms with Gasteiger partial charge in [-0.1, -0.05) is 39.0 Å². The highest BCUT2D eigenvalue weighted by Gasteiger charge is 2.14. The van der Waals surface area contributed by atoms with E-state index in [-0.39, 0.29) is 0 Å². The SMILES string of the molecule is CCC(C)(C)CNCc1cn(C)c2ccccc12. The molecule has 18 heavy (non-hydrogen) atoms. The maximum absolute atomic E-state index is 3.59. The molecule has 2 aromatic rings. The van der Waals surface area contributed by atoms with Gasteiger partial charge in [0.15, 0.2) is 0 Å². The zero-order valence-corrected chi connectivity index (χ0v) is 12.0. The number of aromatic nitrogens is 1. The van der Waals surface area contributed by atoms with Crippen molar-refractivity contribution in [3.8, 4) is 0 Å². The Morgan fingerprint density at radius 3 is 2.67 bits per heavy atom. The molecule has 0 spiro atoms. The lowest BCUT2D eigenvalue weighted by Crippen LogP contribution is -2.28. The molecule has 1 aromatic heterocycles. The summed E-state index contributed by atoms with van der Waals surface area (Å²) in [5.41, 5.74) is 3.08. The molecule has 0 aliphatic heterocycles. The number of hydrogen-bond acceptors (Lipinski definition) is 1. The molecule has 0 unspecified atom stereocenters. The summed E-state index contributed by atoms with van der Waals surface area (Å²) >= 11 is 0. The summed E-state index contributed by atoms with van der Waals surface area (Å²) in [6, 6.07) is 8.59. The van der Waals surface area contributed by atoms with Crippen LogP contribution in [0.25, 0.3) is 10.9 Å². The summed E-state index contributed by atoms with van der Waals surface area (Å²) < 4.78 is 2.21. The van der Waals surface area contributed by atoms with Gasteiger partial charge in [0.2, 0.25) is 0 Å². The zero-order valence-electron chi connectivity index (χ0n) is 12.0. The van der Waals surface area contributed by atoms with Crippen LogP contribution in [0.3, 0.4) is 0 Å². The third-order valence-corrected chi connectivity index (χ3v) is 3.86. The van der Waals surface area contributed by atoms with Gasteiger partial charge < -0.3 is 9.88 Å². The van der Waals surface area contributed by atoms with E-state index in [1.807, 2.05) is 0 Å². The number of nitrogens with zero attached hydrogens (tertiary/aromatic N) is 1. The molecule has 2 heteroatoms. The Hall–Kier alpha value is -1.28. The van der Waals surface area contributed by atoms with Gasteiger partial charge in [-0.25, -0.2) is 0 Å². The predicted octanol–water partition coefficient (Wildman–Crippen LogP) is 3.70. The summed E-state index contributed by atoms with van der Waals surface area (Å²) in [6.07, 6.45) is 3.44. The van der Waals surface area contributed by atoms with Crippen LogP contribution in [0.5, 0.6) is 0 Å². The molecule has 0 fully saturated rings. The molecule has 0 radical (unpaired) electrons. The molecule has 1 aromatic carbocycles. The minimum absolute atomic E-state index is 0.380. The smallest absolute Gasteiger partial charge is 0.0481 e. The number of para-hydroxylation sites is 1. The van der Waals surface area contributed by atoms with Crippen molar-refractivity contribution in [2.24, 2.45) is 12.5 Å². The molecule has 98 valence electrons. The molecule has 0 atom stereocenters. The quantitative estimate of drug-likeness (QED) is 0.848. The highest BCUT2D eigenvalue weighted by molar-refractivity contribution is 5.83. The van der Waals surface area contributed by atoms with Crippen molar-refractivity contribution in [1.29, 1.82) is 0 Å². The Kier molecular flexibility index (Phi) is 3.76. The molecule has 0 amide bonds. The van der Waals surface area contributed by atoms with Gasteiger partial charge in [0.1, 0.15) is 0 Å². The average Bonchev–Trinajstić information content (AvgIpc) is 2.67. The largest absolute Gasteiger partial charge is 0.350 e. The van der Waals surface area contributed by atoms with Gasteiger partial charge >= 0.3 is 0 Å². The van der Waals surface area contributed by atoms with Crippen molar-refractivity contribution in [3.05, 3.63) is 36.0 Å². The Morgan fingerprint density at radius 2 is 1.94 bits per heavy atom. The number of rotatable bonds is 5. The molecule has 0 saturated carbocycles. The normalized spacial score (nSPS) is 12.2. The molecular formula is C16H24N2. The van der Waals surface area contributed by atoms with E-state index in [1.165, 1.54) is 22.9 Å². The van der Waals surface area contributed by atoms with Crippen LogP contribution >= 0.6 is 0 Å². The van der Waals surface area contributed by atoms with Crippen LogP contribution in [0.2, 0.25) is 0 Å². The fourth-order valence-electron chi connectivity index (χ4n) is 2.23. The molecule has 0 saturated heterocycles. The summed E-state index contributed by atoms with van der Waals surface area (Å²) in [5, 5.41) is 4.95. The van der Waals surface area contributed by atoms with Crippen molar-refractivity contribution in [1.82, 2.24) is 9.88 Å². The second-order valence-corrected chi connectivity index (χ2v) is 5.90. The summed E-state index contributed by atoms with van der Waals surface area (Å²) in [4.78, 5) is 0. The highest BCUT2D eigenvalue weighted by Crippen LogP contribution is 2.21. The lowest BCUT2D eigenvalue weighted by atomic mass is 9.90. The molecule has 1 N–H and O–H groups in total. The number of fused-ring (bicyclic) bond motifs is 1. The summed E-state index contributed by atoms with van der Waals surface area (Å²) in [7, 11) is 2.11. The van der Waals surface area contributed by atoms with E-state index in [0.717, 1.165) is 13.1 Å². The minimum atomic E-state index is 0.380. The van der Waals surface area contributed by atoms with Gasteiger partial charge in [-0.15, -0.1) is 0 Å². The van der Waals surface area contributed by atoms with E-state index in [0.29, 0.717) is 5.41 Å². The maximum Gasteiger partial charge on any atom is 0.0481 e. The average molecular weight is 244 g/mol. The van der Waals surface area contributed by atoms with Crippen LogP contribution in [0, 0.1) is 5.41 Å². The van der Waals surface area contributed by atoms with E-state index in [4.69, 9.17) is 0 Å². The lowest BCUT2D eigenvalue weighted by Gasteiger charge is -2.22. The molecule has 2 rings (SSSR count). The number of hydrogen-bond donors (Lipinski definition) is 1. The van der Waals surface area contributed by atoms with Crippen LogP contribution in [0.15, 0.2) is 30.5 Å². The molecule has 0 aliphatic rings. The fourth-order valence-corrected chi connectivity index (χ4v) is 2.23. The first-order chi connectivity index (χ1) is 8.53. The molecule has 1 heterocycles. The first-order valence-corrected chi connectivity index (χ1v) is 6.77. The van der Waals surface area contributed by atoms with Gasteiger partial charge in [0.25, 0.3) is 0 Å². The monoisotopic (exact) mass is 244 g/mol. The van der Waals surface area contributed by atoms with Gasteiger partial charge in [0, 0.05) is 37.2 Å². The van der Waals surface area contributed by atoms with Crippen molar-refractivity contribution >= 4 is 10.9 Å². The third-order valence-electron chi connectivity index (χ3n) is 3.86. The van der Waals surface area contributed by atoms with E-state index < -0.39 is 0 Å². The maximum atomic E-state index is 3.59. The van der Waals surface area contributed by atoms with Crippen molar-refractivity contribution in [2.75, 3.05) is 6.54 Å². The Labute approximate surface area is 110 Å². The highest BCUT2D eigenvalue weighted by atomic mass is 14.9. The van der Waals surface area contributed by atoms with Gasteiger partial charge in [-0.2, -0.15) is 0 Å². The van der Waals surface area contributed by atoms with Crippen LogP contribution in [0.1, 0.15) is 32.8 Å². The number of benzene rings is 1. The predicted molar refractivity (Wildman–Crippen MR) is 78.7 cm³/mol. The lowest BCUT2D eigenvalue weighted by molar-refractivity contribution is 0.328. The molecule has 0 bridgehead atoms. The van der Waals surface area contributed by atoms with Crippen molar-refractivity contribution in [2.45, 2.75) is 33.7 Å². The van der Waals surface area contributed by atoms with E-state index in [2.05, 4.69) is 68.2 Å². The Morgan fingerprint density at radius 1 is 1.22 bits per heavy atom. The van der Waals surface area contributed by atoms with E-state index in [9.17, 15) is 0 Å². The second kappa shape index (κ2) is 5.15. The second-order valence-electron chi connectivity index (χ2n) is 5.90.